The first-order valence-corrected chi connectivity index (χ1v) is 10.5. The summed E-state index contributed by atoms with van der Waals surface area (Å²) in [4.78, 5) is 8.40. The number of hydrogen-bond acceptors (Lipinski definition) is 4. The van der Waals surface area contributed by atoms with Gasteiger partial charge in [-0.05, 0) is 67.8 Å². The summed E-state index contributed by atoms with van der Waals surface area (Å²) in [7, 11) is 0. The van der Waals surface area contributed by atoms with Gasteiger partial charge in [0.1, 0.15) is 0 Å². The molecule has 1 aliphatic rings. The van der Waals surface area contributed by atoms with E-state index >= 15 is 8.78 Å². The van der Waals surface area contributed by atoms with Crippen molar-refractivity contribution >= 4 is 16.7 Å². The average Bonchev–Trinajstić information content (AvgIpc) is 2.82. The number of alkyl halides is 2. The number of nitrogens with zero attached hydrogens (tertiary/aromatic N) is 3. The van der Waals surface area contributed by atoms with Crippen LogP contribution < -0.4 is 5.43 Å². The lowest BCUT2D eigenvalue weighted by atomic mass is 10.0. The molecule has 0 spiro atoms. The van der Waals surface area contributed by atoms with Gasteiger partial charge >= 0.3 is 5.92 Å². The lowest BCUT2D eigenvalue weighted by Crippen LogP contribution is -2.51. The van der Waals surface area contributed by atoms with Crippen molar-refractivity contribution in [2.45, 2.75) is 39.2 Å². The van der Waals surface area contributed by atoms with Gasteiger partial charge in [-0.1, -0.05) is 25.1 Å². The first kappa shape index (κ1) is 21.8. The summed E-state index contributed by atoms with van der Waals surface area (Å²) >= 11 is 0. The average molecular weight is 434 g/mol. The quantitative estimate of drug-likeness (QED) is 0.403. The first-order chi connectivity index (χ1) is 15.3. The standard InChI is InChI=1S/C25H25F2N5/c1-4-16(2)23-10-9-22(19-11-13-29-17(3)14-19)31-32(23)24(28)25(26,27)20-7-8-21-18(15-20)6-5-12-30-21/h5-15,22,28,31H,4H2,1-3H3/b23-16+,28-24?. The number of aromatic nitrogens is 2. The van der Waals surface area contributed by atoms with Gasteiger partial charge in [0.15, 0.2) is 5.84 Å². The van der Waals surface area contributed by atoms with E-state index in [1.807, 2.05) is 45.1 Å². The van der Waals surface area contributed by atoms with Crippen molar-refractivity contribution in [1.29, 1.82) is 5.41 Å². The molecule has 7 heteroatoms. The van der Waals surface area contributed by atoms with Gasteiger partial charge < -0.3 is 0 Å². The van der Waals surface area contributed by atoms with Crippen LogP contribution in [0.25, 0.3) is 10.9 Å². The second kappa shape index (κ2) is 8.59. The molecule has 0 bridgehead atoms. The Morgan fingerprint density at radius 2 is 1.97 bits per heavy atom. The minimum absolute atomic E-state index is 0.246. The Morgan fingerprint density at radius 1 is 1.16 bits per heavy atom. The van der Waals surface area contributed by atoms with Crippen LogP contribution >= 0.6 is 0 Å². The topological polar surface area (TPSA) is 64.9 Å². The fraction of sp³-hybridized carbons (Fsp3) is 0.240. The van der Waals surface area contributed by atoms with E-state index in [1.165, 1.54) is 17.1 Å². The third-order valence-corrected chi connectivity index (χ3v) is 5.69. The van der Waals surface area contributed by atoms with E-state index in [-0.39, 0.29) is 11.6 Å². The molecule has 4 rings (SSSR count). The second-order valence-corrected chi connectivity index (χ2v) is 7.88. The van der Waals surface area contributed by atoms with Crippen LogP contribution in [0.2, 0.25) is 0 Å². The van der Waals surface area contributed by atoms with Gasteiger partial charge in [0.2, 0.25) is 0 Å². The molecule has 3 heterocycles. The predicted molar refractivity (Wildman–Crippen MR) is 122 cm³/mol. The van der Waals surface area contributed by atoms with Gasteiger partial charge in [-0.2, -0.15) is 8.78 Å². The van der Waals surface area contributed by atoms with Crippen molar-refractivity contribution in [3.8, 4) is 0 Å². The molecule has 2 aromatic heterocycles. The van der Waals surface area contributed by atoms with Crippen molar-refractivity contribution in [1.82, 2.24) is 20.4 Å². The van der Waals surface area contributed by atoms with E-state index < -0.39 is 11.8 Å². The van der Waals surface area contributed by atoms with Crippen molar-refractivity contribution < 1.29 is 8.78 Å². The van der Waals surface area contributed by atoms with Crippen LogP contribution in [0, 0.1) is 12.3 Å². The molecule has 0 amide bonds. The molecule has 0 saturated heterocycles. The summed E-state index contributed by atoms with van der Waals surface area (Å²) in [5.41, 5.74) is 6.69. The Morgan fingerprint density at radius 3 is 2.72 bits per heavy atom. The van der Waals surface area contributed by atoms with E-state index in [4.69, 9.17) is 5.41 Å². The summed E-state index contributed by atoms with van der Waals surface area (Å²) in [6, 6.07) is 11.1. The second-order valence-electron chi connectivity index (χ2n) is 7.88. The lowest BCUT2D eigenvalue weighted by Gasteiger charge is -2.37. The highest BCUT2D eigenvalue weighted by atomic mass is 19.3. The number of hydrazine groups is 1. The molecule has 164 valence electrons. The van der Waals surface area contributed by atoms with Gasteiger partial charge in [-0.3, -0.25) is 20.4 Å². The minimum atomic E-state index is -3.51. The third-order valence-electron chi connectivity index (χ3n) is 5.69. The molecule has 0 saturated carbocycles. The molecule has 1 aliphatic heterocycles. The fourth-order valence-corrected chi connectivity index (χ4v) is 3.71. The van der Waals surface area contributed by atoms with Crippen LogP contribution in [0.15, 0.2) is 78.3 Å². The van der Waals surface area contributed by atoms with Crippen molar-refractivity contribution in [2.24, 2.45) is 0 Å². The van der Waals surface area contributed by atoms with Gasteiger partial charge in [0.25, 0.3) is 0 Å². The lowest BCUT2D eigenvalue weighted by molar-refractivity contribution is 0.0555. The summed E-state index contributed by atoms with van der Waals surface area (Å²) in [5.74, 6) is -4.34. The molecule has 0 radical (unpaired) electrons. The highest BCUT2D eigenvalue weighted by Crippen LogP contribution is 2.35. The van der Waals surface area contributed by atoms with Crippen LogP contribution in [-0.2, 0) is 5.92 Å². The van der Waals surface area contributed by atoms with Gasteiger partial charge in [-0.25, -0.2) is 5.43 Å². The number of aryl methyl sites for hydroxylation is 1. The van der Waals surface area contributed by atoms with E-state index in [9.17, 15) is 0 Å². The van der Waals surface area contributed by atoms with Crippen LogP contribution in [0.5, 0.6) is 0 Å². The Kier molecular flexibility index (Phi) is 5.84. The van der Waals surface area contributed by atoms with Crippen LogP contribution in [-0.4, -0.2) is 20.8 Å². The zero-order chi connectivity index (χ0) is 22.9. The maximum Gasteiger partial charge on any atom is 0.330 e. The molecule has 32 heavy (non-hydrogen) atoms. The minimum Gasteiger partial charge on any atom is -0.281 e. The van der Waals surface area contributed by atoms with E-state index in [0.717, 1.165) is 16.8 Å². The molecule has 0 aliphatic carbocycles. The zero-order valence-corrected chi connectivity index (χ0v) is 18.2. The van der Waals surface area contributed by atoms with E-state index in [1.54, 1.807) is 30.6 Å². The van der Waals surface area contributed by atoms with Crippen molar-refractivity contribution in [2.75, 3.05) is 0 Å². The Labute approximate surface area is 186 Å². The first-order valence-electron chi connectivity index (χ1n) is 10.5. The molecule has 0 fully saturated rings. The summed E-state index contributed by atoms with van der Waals surface area (Å²) in [5, 5.41) is 10.4. The van der Waals surface area contributed by atoms with E-state index in [0.29, 0.717) is 23.0 Å². The molecular formula is C25H25F2N5. The van der Waals surface area contributed by atoms with Crippen LogP contribution in [0.3, 0.4) is 0 Å². The van der Waals surface area contributed by atoms with Crippen LogP contribution in [0.1, 0.15) is 43.1 Å². The van der Waals surface area contributed by atoms with Gasteiger partial charge in [0, 0.05) is 29.0 Å². The molecular weight excluding hydrogens is 408 g/mol. The molecule has 1 aromatic carbocycles. The summed E-state index contributed by atoms with van der Waals surface area (Å²) in [6.45, 7) is 5.73. The van der Waals surface area contributed by atoms with Crippen molar-refractivity contribution in [3.63, 3.8) is 0 Å². The number of benzene rings is 1. The van der Waals surface area contributed by atoms with Gasteiger partial charge in [-0.15, -0.1) is 0 Å². The normalized spacial score (nSPS) is 18.2. The zero-order valence-electron chi connectivity index (χ0n) is 18.2. The number of pyridine rings is 2. The monoisotopic (exact) mass is 433 g/mol. The number of rotatable bonds is 4. The fourth-order valence-electron chi connectivity index (χ4n) is 3.71. The van der Waals surface area contributed by atoms with E-state index in [2.05, 4.69) is 15.4 Å². The maximum absolute atomic E-state index is 15.6. The largest absolute Gasteiger partial charge is 0.330 e. The number of nitrogens with one attached hydrogen (secondary N) is 2. The summed E-state index contributed by atoms with van der Waals surface area (Å²) in [6.07, 6.45) is 7.73. The SMILES string of the molecule is CC/C(C)=C1\C=CC(c2ccnc(C)c2)NN1C(=N)C(F)(F)c1ccc2ncccc2c1. The highest BCUT2D eigenvalue weighted by molar-refractivity contribution is 5.90. The smallest absolute Gasteiger partial charge is 0.281 e. The predicted octanol–water partition coefficient (Wildman–Crippen LogP) is 5.81. The van der Waals surface area contributed by atoms with Crippen molar-refractivity contribution in [3.05, 3.63) is 95.1 Å². The molecule has 2 N–H and O–H groups in total. The van der Waals surface area contributed by atoms with Gasteiger partial charge in [0.05, 0.1) is 17.3 Å². The molecule has 5 nitrogen and oxygen atoms in total. The Bertz CT molecular complexity index is 1230. The molecule has 1 atom stereocenters. The highest BCUT2D eigenvalue weighted by Gasteiger charge is 2.43. The number of allylic oxidation sites excluding steroid dienone is 2. The number of hydrogen-bond donors (Lipinski definition) is 2. The molecule has 3 aromatic rings. The number of fused-ring (bicyclic) bond motifs is 1. The Balaban J connectivity index is 1.73. The third kappa shape index (κ3) is 4.03. The number of halogens is 2. The summed E-state index contributed by atoms with van der Waals surface area (Å²) < 4.78 is 31.2. The number of amidine groups is 1. The molecule has 1 unspecified atom stereocenters. The van der Waals surface area contributed by atoms with Crippen LogP contribution in [0.4, 0.5) is 8.78 Å². The Hall–Kier alpha value is -3.45. The maximum atomic E-state index is 15.6.